The van der Waals surface area contributed by atoms with E-state index in [-0.39, 0.29) is 35.8 Å². The lowest BCUT2D eigenvalue weighted by Gasteiger charge is -2.44. The summed E-state index contributed by atoms with van der Waals surface area (Å²) in [5.74, 6) is -2.14. The van der Waals surface area contributed by atoms with Gasteiger partial charge in [-0.3, -0.25) is 29.0 Å². The molecule has 0 spiro atoms. The van der Waals surface area contributed by atoms with Crippen molar-refractivity contribution in [3.05, 3.63) is 148 Å². The molecule has 4 amide bonds. The van der Waals surface area contributed by atoms with Gasteiger partial charge in [0.05, 0.1) is 63.5 Å². The number of phenolic OH excluding ortho intramolecular Hbond substituents is 1. The van der Waals surface area contributed by atoms with E-state index in [4.69, 9.17) is 18.9 Å². The van der Waals surface area contributed by atoms with E-state index in [0.29, 0.717) is 46.4 Å². The molecule has 64 heavy (non-hydrogen) atoms. The molecule has 1 N–H and O–H groups in total. The van der Waals surface area contributed by atoms with Gasteiger partial charge < -0.3 is 24.1 Å². The molecule has 2 saturated heterocycles. The van der Waals surface area contributed by atoms with Gasteiger partial charge in [-0.25, -0.2) is 0 Å². The fraction of sp³-hybridized carbons (Fsp3) is 0.245. The lowest BCUT2D eigenvalue weighted by molar-refractivity contribution is -0.126. The van der Waals surface area contributed by atoms with Crippen molar-refractivity contribution in [2.45, 2.75) is 25.7 Å². The highest BCUT2D eigenvalue weighted by Gasteiger charge is 2.62. The third kappa shape index (κ3) is 7.30. The second-order valence-corrected chi connectivity index (χ2v) is 16.7. The molecule has 0 aromatic heterocycles. The largest absolute Gasteiger partial charge is 0.508 e. The van der Waals surface area contributed by atoms with Crippen LogP contribution >= 0.6 is 0 Å². The van der Waals surface area contributed by atoms with Gasteiger partial charge in [-0.05, 0) is 115 Å². The van der Waals surface area contributed by atoms with E-state index in [2.05, 4.69) is 0 Å². The molecule has 324 valence electrons. The standard InChI is InChI=1S/C53H48N2O9/c1-30-26-35(14-23-44(30)56)47-40-21-22-41-48(52(59)54(50(41)57)36-15-8-31(9-16-36)6-12-33-27-38(61-2)19-24-45(33)63-4)42(40)29-43-49(47)53(60)55(51(43)58)37-17-10-32(11-18-37)7-13-34-28-39(62-3)20-25-46(34)64-5/h6-21,23-28,41-43,47-49,56H,22,29H2,1-5H3. The number of methoxy groups -OCH3 is 4. The van der Waals surface area contributed by atoms with E-state index < -0.39 is 35.5 Å². The summed E-state index contributed by atoms with van der Waals surface area (Å²) in [5.41, 5.74) is 6.59. The van der Waals surface area contributed by atoms with Crippen LogP contribution < -0.4 is 28.7 Å². The van der Waals surface area contributed by atoms with Crippen molar-refractivity contribution in [1.29, 1.82) is 0 Å². The number of allylic oxidation sites excluding steroid dienone is 2. The predicted molar refractivity (Wildman–Crippen MR) is 245 cm³/mol. The van der Waals surface area contributed by atoms with E-state index in [9.17, 15) is 24.3 Å². The molecule has 2 aliphatic carbocycles. The Balaban J connectivity index is 1.000. The molecule has 0 bridgehead atoms. The number of fused-ring (bicyclic) bond motifs is 4. The summed E-state index contributed by atoms with van der Waals surface area (Å²) >= 11 is 0. The number of benzene rings is 5. The predicted octanol–water partition coefficient (Wildman–Crippen LogP) is 9.12. The number of carbonyl (C=O) groups excluding carboxylic acids is 4. The summed E-state index contributed by atoms with van der Waals surface area (Å²) in [4.78, 5) is 60.9. The van der Waals surface area contributed by atoms with Gasteiger partial charge in [0.25, 0.3) is 0 Å². The quantitative estimate of drug-likeness (QED) is 0.0785. The minimum atomic E-state index is -0.739. The van der Waals surface area contributed by atoms with E-state index >= 15 is 0 Å². The van der Waals surface area contributed by atoms with Crippen LogP contribution in [0.3, 0.4) is 0 Å². The van der Waals surface area contributed by atoms with Crippen LogP contribution in [0.1, 0.15) is 52.1 Å². The Morgan fingerprint density at radius 1 is 0.547 bits per heavy atom. The number of rotatable bonds is 11. The third-order valence-corrected chi connectivity index (χ3v) is 13.3. The highest BCUT2D eigenvalue weighted by molar-refractivity contribution is 6.24. The molecule has 5 aromatic carbocycles. The molecular weight excluding hydrogens is 809 g/mol. The average molecular weight is 857 g/mol. The number of carbonyl (C=O) groups is 4. The van der Waals surface area contributed by atoms with Crippen LogP contribution in [-0.2, 0) is 19.2 Å². The molecule has 6 atom stereocenters. The molecule has 0 radical (unpaired) electrons. The molecule has 9 rings (SSSR count). The molecule has 2 aliphatic heterocycles. The number of hydrogen-bond acceptors (Lipinski definition) is 9. The Morgan fingerprint density at radius 3 is 1.56 bits per heavy atom. The topological polar surface area (TPSA) is 132 Å². The van der Waals surface area contributed by atoms with Crippen molar-refractivity contribution in [2.75, 3.05) is 38.2 Å². The second kappa shape index (κ2) is 17.0. The fourth-order valence-corrected chi connectivity index (χ4v) is 10.1. The minimum absolute atomic E-state index is 0.119. The van der Waals surface area contributed by atoms with Crippen molar-refractivity contribution in [3.63, 3.8) is 0 Å². The van der Waals surface area contributed by atoms with Crippen LogP contribution in [-0.4, -0.2) is 57.2 Å². The first-order valence-electron chi connectivity index (χ1n) is 21.3. The van der Waals surface area contributed by atoms with Crippen LogP contribution in [0, 0.1) is 36.5 Å². The SMILES string of the molecule is COc1ccc(OC)c(C=Cc2ccc(N3C(=O)C4CC=C5C(CC6C(=O)N(c7ccc(C=Cc8cc(OC)ccc8OC)cc7)C(=O)C6C5c5ccc(O)c(C)c5)C4C3=O)cc2)c1. The smallest absolute Gasteiger partial charge is 0.238 e. The highest BCUT2D eigenvalue weighted by atomic mass is 16.5. The van der Waals surface area contributed by atoms with Crippen molar-refractivity contribution >= 4 is 59.3 Å². The lowest BCUT2D eigenvalue weighted by atomic mass is 9.57. The number of aromatic hydroxyl groups is 1. The van der Waals surface area contributed by atoms with Crippen LogP contribution in [0.5, 0.6) is 28.7 Å². The Hall–Kier alpha value is -7.40. The number of phenols is 1. The van der Waals surface area contributed by atoms with E-state index in [0.717, 1.165) is 33.4 Å². The van der Waals surface area contributed by atoms with Crippen molar-refractivity contribution in [1.82, 2.24) is 0 Å². The first-order valence-corrected chi connectivity index (χ1v) is 21.3. The van der Waals surface area contributed by atoms with Gasteiger partial charge in [-0.1, -0.05) is 72.4 Å². The van der Waals surface area contributed by atoms with Gasteiger partial charge in [0, 0.05) is 17.0 Å². The third-order valence-electron chi connectivity index (χ3n) is 13.3. The number of imide groups is 2. The Morgan fingerprint density at radius 2 is 1.06 bits per heavy atom. The number of ether oxygens (including phenoxy) is 4. The maximum absolute atomic E-state index is 14.7. The molecule has 11 heteroatoms. The minimum Gasteiger partial charge on any atom is -0.508 e. The van der Waals surface area contributed by atoms with E-state index in [1.807, 2.05) is 97.1 Å². The van der Waals surface area contributed by atoms with Crippen molar-refractivity contribution < 1.29 is 43.2 Å². The average Bonchev–Trinajstić information content (AvgIpc) is 3.73. The molecular formula is C53H48N2O9. The summed E-state index contributed by atoms with van der Waals surface area (Å²) in [6, 6.07) is 30.9. The zero-order valence-electron chi connectivity index (χ0n) is 36.2. The first kappa shape index (κ1) is 41.9. The van der Waals surface area contributed by atoms with Crippen LogP contribution in [0.4, 0.5) is 11.4 Å². The van der Waals surface area contributed by atoms with Crippen molar-refractivity contribution in [2.24, 2.45) is 29.6 Å². The summed E-state index contributed by atoms with van der Waals surface area (Å²) in [5, 5.41) is 10.5. The summed E-state index contributed by atoms with van der Waals surface area (Å²) < 4.78 is 21.8. The summed E-state index contributed by atoms with van der Waals surface area (Å²) in [7, 11) is 6.43. The number of nitrogens with zero attached hydrogens (tertiary/aromatic N) is 2. The Labute approximate surface area is 371 Å². The highest BCUT2D eigenvalue weighted by Crippen LogP contribution is 2.58. The fourth-order valence-electron chi connectivity index (χ4n) is 10.1. The van der Waals surface area contributed by atoms with Gasteiger partial charge in [0.15, 0.2) is 0 Å². The zero-order chi connectivity index (χ0) is 44.8. The zero-order valence-corrected chi connectivity index (χ0v) is 36.2. The van der Waals surface area contributed by atoms with Crippen molar-refractivity contribution in [3.8, 4) is 28.7 Å². The number of amides is 4. The normalized spacial score (nSPS) is 22.7. The van der Waals surface area contributed by atoms with E-state index in [1.165, 1.54) is 9.80 Å². The summed E-state index contributed by atoms with van der Waals surface area (Å²) in [6.07, 6.45) is 10.3. The Kier molecular flexibility index (Phi) is 11.2. The molecule has 2 heterocycles. The van der Waals surface area contributed by atoms with E-state index in [1.54, 1.807) is 71.8 Å². The Bertz CT molecular complexity index is 2770. The molecule has 11 nitrogen and oxygen atoms in total. The molecule has 6 unspecified atom stereocenters. The molecule has 3 fully saturated rings. The molecule has 5 aromatic rings. The van der Waals surface area contributed by atoms with Gasteiger partial charge >= 0.3 is 0 Å². The first-order chi connectivity index (χ1) is 31.0. The van der Waals surface area contributed by atoms with Crippen LogP contribution in [0.2, 0.25) is 0 Å². The lowest BCUT2D eigenvalue weighted by Crippen LogP contribution is -2.43. The number of aryl methyl sites for hydroxylation is 1. The van der Waals surface area contributed by atoms with Crippen LogP contribution in [0.25, 0.3) is 24.3 Å². The summed E-state index contributed by atoms with van der Waals surface area (Å²) in [6.45, 7) is 1.80. The number of anilines is 2. The maximum Gasteiger partial charge on any atom is 0.238 e. The maximum atomic E-state index is 14.7. The molecule has 1 saturated carbocycles. The van der Waals surface area contributed by atoms with Gasteiger partial charge in [-0.15, -0.1) is 0 Å². The van der Waals surface area contributed by atoms with Crippen LogP contribution in [0.15, 0.2) is 115 Å². The monoisotopic (exact) mass is 856 g/mol. The molecule has 4 aliphatic rings. The van der Waals surface area contributed by atoms with Gasteiger partial charge in [0.2, 0.25) is 23.6 Å². The van der Waals surface area contributed by atoms with Gasteiger partial charge in [-0.2, -0.15) is 0 Å². The van der Waals surface area contributed by atoms with Gasteiger partial charge in [0.1, 0.15) is 28.7 Å². The second-order valence-electron chi connectivity index (χ2n) is 16.7. The number of hydrogen-bond donors (Lipinski definition) is 1.